The van der Waals surface area contributed by atoms with Gasteiger partial charge in [-0.2, -0.15) is 0 Å². The third kappa shape index (κ3) is 2.40. The molecule has 0 saturated carbocycles. The quantitative estimate of drug-likeness (QED) is 0.894. The lowest BCUT2D eigenvalue weighted by atomic mass is 10.2. The third-order valence-corrected chi connectivity index (χ3v) is 3.76. The molecule has 1 aromatic carbocycles. The lowest BCUT2D eigenvalue weighted by molar-refractivity contribution is 0.665. The van der Waals surface area contributed by atoms with Crippen molar-refractivity contribution in [2.75, 3.05) is 5.73 Å². The smallest absolute Gasteiger partial charge is 0.271 e. The number of nitrogen functional groups attached to an aromatic ring is 1. The lowest BCUT2D eigenvalue weighted by Gasteiger charge is -2.04. The fraction of sp³-hybridized carbons (Fsp3) is 0.182. The molecule has 3 N–H and O–H groups in total. The van der Waals surface area contributed by atoms with E-state index in [1.54, 1.807) is 13.0 Å². The van der Waals surface area contributed by atoms with Crippen LogP contribution in [-0.2, 0) is 6.54 Å². The number of nitrogens with one attached hydrogen (secondary N) is 1. The van der Waals surface area contributed by atoms with Crippen LogP contribution in [0.15, 0.2) is 27.5 Å². The Morgan fingerprint density at radius 2 is 2.24 bits per heavy atom. The van der Waals surface area contributed by atoms with E-state index < -0.39 is 0 Å². The molecule has 1 heterocycles. The van der Waals surface area contributed by atoms with Gasteiger partial charge in [-0.05, 0) is 40.5 Å². The van der Waals surface area contributed by atoms with Crippen LogP contribution in [0.25, 0.3) is 0 Å². The highest BCUT2D eigenvalue weighted by Gasteiger charge is 2.08. The van der Waals surface area contributed by atoms with Gasteiger partial charge in [-0.15, -0.1) is 0 Å². The molecule has 4 nitrogen and oxygen atoms in total. The number of halogens is 2. The topological polar surface area (TPSA) is 63.8 Å². The largest absolute Gasteiger partial charge is 0.384 e. The first kappa shape index (κ1) is 12.3. The Morgan fingerprint density at radius 3 is 2.76 bits per heavy atom. The van der Waals surface area contributed by atoms with Crippen LogP contribution in [0.2, 0.25) is 5.02 Å². The summed E-state index contributed by atoms with van der Waals surface area (Å²) in [4.78, 5) is 11.8. The van der Waals surface area contributed by atoms with E-state index in [-0.39, 0.29) is 5.56 Å². The summed E-state index contributed by atoms with van der Waals surface area (Å²) in [6.45, 7) is 2.13. The van der Waals surface area contributed by atoms with Crippen molar-refractivity contribution >= 4 is 33.3 Å². The van der Waals surface area contributed by atoms with Gasteiger partial charge >= 0.3 is 0 Å². The first-order valence-electron chi connectivity index (χ1n) is 4.98. The van der Waals surface area contributed by atoms with Crippen molar-refractivity contribution < 1.29 is 0 Å². The minimum absolute atomic E-state index is 0.103. The molecule has 0 aliphatic carbocycles. The number of rotatable bonds is 2. The van der Waals surface area contributed by atoms with E-state index in [9.17, 15) is 4.79 Å². The second-order valence-corrected chi connectivity index (χ2v) is 5.05. The van der Waals surface area contributed by atoms with Crippen LogP contribution in [0.3, 0.4) is 0 Å². The average Bonchev–Trinajstić information content (AvgIpc) is 2.52. The zero-order valence-electron chi connectivity index (χ0n) is 9.13. The van der Waals surface area contributed by atoms with Crippen molar-refractivity contribution in [3.05, 3.63) is 49.2 Å². The fourth-order valence-corrected chi connectivity index (χ4v) is 2.07. The Morgan fingerprint density at radius 1 is 1.53 bits per heavy atom. The lowest BCUT2D eigenvalue weighted by Crippen LogP contribution is -2.18. The molecule has 6 heteroatoms. The van der Waals surface area contributed by atoms with Crippen molar-refractivity contribution in [1.29, 1.82) is 0 Å². The summed E-state index contributed by atoms with van der Waals surface area (Å²) in [7, 11) is 0. The Labute approximate surface area is 111 Å². The number of nitrogens with zero attached hydrogens (tertiary/aromatic N) is 1. The summed E-state index contributed by atoms with van der Waals surface area (Å²) < 4.78 is 2.28. The Kier molecular flexibility index (Phi) is 3.31. The molecule has 0 saturated heterocycles. The maximum absolute atomic E-state index is 11.8. The molecule has 0 atom stereocenters. The number of aromatic nitrogens is 2. The predicted octanol–water partition coefficient (Wildman–Crippen LogP) is 2.53. The molecule has 2 rings (SSSR count). The SMILES string of the molecule is Cc1c(N)[nH]n(Cc2ccc(Cl)c(Br)c2)c1=O. The number of nitrogens with two attached hydrogens (primary N) is 1. The van der Waals surface area contributed by atoms with Gasteiger partial charge in [0.1, 0.15) is 5.82 Å². The molecule has 17 heavy (non-hydrogen) atoms. The molecular formula is C11H11BrClN3O. The van der Waals surface area contributed by atoms with Gasteiger partial charge in [-0.1, -0.05) is 17.7 Å². The van der Waals surface area contributed by atoms with E-state index in [0.29, 0.717) is 22.9 Å². The molecule has 0 fully saturated rings. The number of benzene rings is 1. The summed E-state index contributed by atoms with van der Waals surface area (Å²) in [6, 6.07) is 5.53. The zero-order chi connectivity index (χ0) is 12.6. The molecule has 0 radical (unpaired) electrons. The van der Waals surface area contributed by atoms with Gasteiger partial charge < -0.3 is 5.73 Å². The fourth-order valence-electron chi connectivity index (χ4n) is 1.53. The van der Waals surface area contributed by atoms with Gasteiger partial charge in [0.25, 0.3) is 5.56 Å². The molecule has 90 valence electrons. The van der Waals surface area contributed by atoms with Crippen LogP contribution in [0.4, 0.5) is 5.82 Å². The summed E-state index contributed by atoms with van der Waals surface area (Å²) in [5, 5.41) is 3.47. The van der Waals surface area contributed by atoms with Crippen molar-refractivity contribution in [2.24, 2.45) is 0 Å². The minimum Gasteiger partial charge on any atom is -0.384 e. The maximum Gasteiger partial charge on any atom is 0.271 e. The number of hydrogen-bond donors (Lipinski definition) is 2. The molecule has 0 unspecified atom stereocenters. The van der Waals surface area contributed by atoms with Crippen LogP contribution in [0.1, 0.15) is 11.1 Å². The van der Waals surface area contributed by atoms with Crippen LogP contribution in [0, 0.1) is 6.92 Å². The number of aromatic amines is 1. The van der Waals surface area contributed by atoms with Gasteiger partial charge in [0, 0.05) is 4.47 Å². The van der Waals surface area contributed by atoms with Crippen LogP contribution < -0.4 is 11.3 Å². The molecule has 0 bridgehead atoms. The normalized spacial score (nSPS) is 10.8. The predicted molar refractivity (Wildman–Crippen MR) is 72.5 cm³/mol. The van der Waals surface area contributed by atoms with Crippen molar-refractivity contribution in [2.45, 2.75) is 13.5 Å². The molecule has 2 aromatic rings. The summed E-state index contributed by atoms with van der Waals surface area (Å²) >= 11 is 9.24. The molecule has 0 aliphatic rings. The highest BCUT2D eigenvalue weighted by Crippen LogP contribution is 2.23. The minimum atomic E-state index is -0.103. The van der Waals surface area contributed by atoms with Gasteiger partial charge in [0.05, 0.1) is 17.1 Å². The highest BCUT2D eigenvalue weighted by atomic mass is 79.9. The number of anilines is 1. The van der Waals surface area contributed by atoms with E-state index in [1.165, 1.54) is 4.68 Å². The van der Waals surface area contributed by atoms with E-state index in [0.717, 1.165) is 10.0 Å². The van der Waals surface area contributed by atoms with Gasteiger partial charge in [0.2, 0.25) is 0 Å². The Bertz CT molecular complexity index is 618. The maximum atomic E-state index is 11.8. The standard InChI is InChI=1S/C11H11BrClN3O/c1-6-10(14)15-16(11(6)17)5-7-2-3-9(13)8(12)4-7/h2-4,15H,5,14H2,1H3. The van der Waals surface area contributed by atoms with E-state index >= 15 is 0 Å². The Balaban J connectivity index is 2.35. The van der Waals surface area contributed by atoms with Crippen LogP contribution >= 0.6 is 27.5 Å². The first-order chi connectivity index (χ1) is 7.99. The van der Waals surface area contributed by atoms with E-state index in [2.05, 4.69) is 21.0 Å². The van der Waals surface area contributed by atoms with Gasteiger partial charge in [-0.25, -0.2) is 4.68 Å². The molecule has 0 amide bonds. The number of hydrogen-bond acceptors (Lipinski definition) is 2. The van der Waals surface area contributed by atoms with Crippen molar-refractivity contribution in [3.63, 3.8) is 0 Å². The summed E-state index contributed by atoms with van der Waals surface area (Å²) in [6.07, 6.45) is 0. The first-order valence-corrected chi connectivity index (χ1v) is 6.15. The van der Waals surface area contributed by atoms with Gasteiger partial charge in [0.15, 0.2) is 0 Å². The monoisotopic (exact) mass is 315 g/mol. The third-order valence-electron chi connectivity index (χ3n) is 2.55. The second-order valence-electron chi connectivity index (χ2n) is 3.79. The highest BCUT2D eigenvalue weighted by molar-refractivity contribution is 9.10. The van der Waals surface area contributed by atoms with Crippen LogP contribution in [0.5, 0.6) is 0 Å². The van der Waals surface area contributed by atoms with Gasteiger partial charge in [-0.3, -0.25) is 9.89 Å². The van der Waals surface area contributed by atoms with Crippen molar-refractivity contribution in [1.82, 2.24) is 9.78 Å². The average molecular weight is 317 g/mol. The Hall–Kier alpha value is -1.20. The molecule has 1 aromatic heterocycles. The molecule has 0 spiro atoms. The summed E-state index contributed by atoms with van der Waals surface area (Å²) in [5.41, 5.74) is 7.04. The van der Waals surface area contributed by atoms with E-state index in [4.69, 9.17) is 17.3 Å². The molecular weight excluding hydrogens is 305 g/mol. The zero-order valence-corrected chi connectivity index (χ0v) is 11.5. The van der Waals surface area contributed by atoms with Crippen LogP contribution in [-0.4, -0.2) is 9.78 Å². The summed E-state index contributed by atoms with van der Waals surface area (Å²) in [5.74, 6) is 0.406. The number of H-pyrrole nitrogens is 1. The van der Waals surface area contributed by atoms with Crippen molar-refractivity contribution in [3.8, 4) is 0 Å². The molecule has 0 aliphatic heterocycles. The second kappa shape index (κ2) is 4.58. The van der Waals surface area contributed by atoms with E-state index in [1.807, 2.05) is 12.1 Å².